The van der Waals surface area contributed by atoms with E-state index in [4.69, 9.17) is 4.42 Å². The van der Waals surface area contributed by atoms with Gasteiger partial charge in [0.25, 0.3) is 5.78 Å². The zero-order valence-electron chi connectivity index (χ0n) is 13.5. The summed E-state index contributed by atoms with van der Waals surface area (Å²) in [4.78, 5) is 26.8. The second-order valence-corrected chi connectivity index (χ2v) is 5.61. The topological polar surface area (TPSA) is 88.9 Å². The smallest absolute Gasteiger partial charge is 0.451 e. The largest absolute Gasteiger partial charge is 0.465 e. The van der Waals surface area contributed by atoms with Crippen molar-refractivity contribution in [2.75, 3.05) is 0 Å². The average molecular weight is 381 g/mol. The molecular formula is C17H11F4N3O3. The number of rotatable bonds is 6. The maximum atomic E-state index is 12.9. The van der Waals surface area contributed by atoms with Crippen molar-refractivity contribution in [2.24, 2.45) is 0 Å². The van der Waals surface area contributed by atoms with Crippen molar-refractivity contribution in [3.8, 4) is 0 Å². The molecule has 6 nitrogen and oxygen atoms in total. The molecule has 3 rings (SSSR count). The summed E-state index contributed by atoms with van der Waals surface area (Å²) in [5.74, 6) is -4.30. The van der Waals surface area contributed by atoms with Gasteiger partial charge in [0.05, 0.1) is 6.42 Å². The Morgan fingerprint density at radius 2 is 1.70 bits per heavy atom. The van der Waals surface area contributed by atoms with Crippen LogP contribution >= 0.6 is 0 Å². The van der Waals surface area contributed by atoms with E-state index in [-0.39, 0.29) is 11.6 Å². The predicted molar refractivity (Wildman–Crippen MR) is 82.3 cm³/mol. The Morgan fingerprint density at radius 3 is 2.33 bits per heavy atom. The van der Waals surface area contributed by atoms with Gasteiger partial charge in [-0.05, 0) is 29.8 Å². The van der Waals surface area contributed by atoms with Crippen LogP contribution in [0.15, 0.2) is 40.8 Å². The number of ketones is 2. The minimum atomic E-state index is -4.80. The Morgan fingerprint density at radius 1 is 1.04 bits per heavy atom. The zero-order valence-corrected chi connectivity index (χ0v) is 13.5. The molecule has 0 spiro atoms. The highest BCUT2D eigenvalue weighted by Crippen LogP contribution is 2.25. The monoisotopic (exact) mass is 381 g/mol. The van der Waals surface area contributed by atoms with Gasteiger partial charge in [-0.15, -0.1) is 5.10 Å². The molecule has 0 aliphatic rings. The number of carbonyl (C=O) groups excluding carboxylic acids is 2. The first-order valence-corrected chi connectivity index (χ1v) is 7.61. The lowest BCUT2D eigenvalue weighted by molar-refractivity contribution is -0.144. The molecule has 10 heteroatoms. The van der Waals surface area contributed by atoms with Crippen LogP contribution in [0.3, 0.4) is 0 Å². The van der Waals surface area contributed by atoms with Gasteiger partial charge in [-0.2, -0.15) is 18.2 Å². The van der Waals surface area contributed by atoms with E-state index >= 15 is 0 Å². The number of aromatic nitrogens is 3. The van der Waals surface area contributed by atoms with Crippen molar-refractivity contribution in [2.45, 2.75) is 19.0 Å². The molecule has 0 fully saturated rings. The second kappa shape index (κ2) is 7.14. The molecule has 0 unspecified atom stereocenters. The maximum Gasteiger partial charge on any atom is 0.451 e. The van der Waals surface area contributed by atoms with Gasteiger partial charge in [0, 0.05) is 6.42 Å². The minimum Gasteiger partial charge on any atom is -0.465 e. The number of furan rings is 1. The molecule has 140 valence electrons. The molecule has 0 aliphatic heterocycles. The first-order valence-electron chi connectivity index (χ1n) is 7.61. The lowest BCUT2D eigenvalue weighted by Crippen LogP contribution is -2.18. The third-order valence-electron chi connectivity index (χ3n) is 3.55. The molecule has 0 amide bonds. The number of Topliss-reactive ketones (excluding diaryl/α,β-unsaturated/α-hetero) is 2. The number of benzene rings is 1. The predicted octanol–water partition coefficient (Wildman–Crippen LogP) is 3.14. The molecule has 0 bridgehead atoms. The van der Waals surface area contributed by atoms with Crippen LogP contribution < -0.4 is 0 Å². The summed E-state index contributed by atoms with van der Waals surface area (Å²) in [6.45, 7) is 0. The Hall–Kier alpha value is -3.30. The molecule has 2 heterocycles. The van der Waals surface area contributed by atoms with Gasteiger partial charge in [0.2, 0.25) is 17.4 Å². The molecular weight excluding hydrogens is 370 g/mol. The lowest BCUT2D eigenvalue weighted by Gasteiger charge is -1.99. The van der Waals surface area contributed by atoms with Crippen LogP contribution in [-0.2, 0) is 23.8 Å². The number of nitrogens with zero attached hydrogens (tertiary/aromatic N) is 2. The van der Waals surface area contributed by atoms with Gasteiger partial charge < -0.3 is 4.42 Å². The van der Waals surface area contributed by atoms with Crippen molar-refractivity contribution in [1.82, 2.24) is 15.2 Å². The van der Waals surface area contributed by atoms with Crippen molar-refractivity contribution < 1.29 is 31.6 Å². The van der Waals surface area contributed by atoms with Crippen LogP contribution in [0.1, 0.15) is 33.5 Å². The molecule has 1 aromatic carbocycles. The fourth-order valence-corrected chi connectivity index (χ4v) is 2.27. The summed E-state index contributed by atoms with van der Waals surface area (Å²) >= 11 is 0. The Bertz CT molecular complexity index is 974. The standard InChI is InChI=1S/C17H11F4N3O3/c18-10-3-1-9(2-4-10)7-11-5-6-12(27-11)8-13(25)14(26)15-22-16(24-23-15)17(19,20)21/h1-6H,7-8H2,(H,22,23,24). The van der Waals surface area contributed by atoms with Crippen LogP contribution in [0.2, 0.25) is 0 Å². The van der Waals surface area contributed by atoms with Gasteiger partial charge in [0.15, 0.2) is 0 Å². The number of hydrogen-bond acceptors (Lipinski definition) is 5. The van der Waals surface area contributed by atoms with E-state index in [1.54, 1.807) is 23.3 Å². The average Bonchev–Trinajstić information content (AvgIpc) is 3.25. The first-order chi connectivity index (χ1) is 12.7. The van der Waals surface area contributed by atoms with Gasteiger partial charge in [0.1, 0.15) is 17.3 Å². The van der Waals surface area contributed by atoms with Crippen molar-refractivity contribution >= 4 is 11.6 Å². The van der Waals surface area contributed by atoms with Crippen LogP contribution in [0, 0.1) is 5.82 Å². The van der Waals surface area contributed by atoms with Crippen LogP contribution in [0.5, 0.6) is 0 Å². The maximum absolute atomic E-state index is 12.9. The Balaban J connectivity index is 1.64. The van der Waals surface area contributed by atoms with E-state index in [0.29, 0.717) is 12.2 Å². The van der Waals surface area contributed by atoms with Crippen LogP contribution in [0.25, 0.3) is 0 Å². The molecule has 0 aliphatic carbocycles. The Kier molecular flexibility index (Phi) is 4.89. The number of carbonyl (C=O) groups is 2. The van der Waals surface area contributed by atoms with E-state index in [0.717, 1.165) is 5.56 Å². The minimum absolute atomic E-state index is 0.164. The summed E-state index contributed by atoms with van der Waals surface area (Å²) in [6, 6.07) is 8.82. The van der Waals surface area contributed by atoms with E-state index in [1.807, 2.05) is 0 Å². The van der Waals surface area contributed by atoms with E-state index < -0.39 is 35.8 Å². The molecule has 0 radical (unpaired) electrons. The van der Waals surface area contributed by atoms with E-state index in [9.17, 15) is 27.2 Å². The third-order valence-corrected chi connectivity index (χ3v) is 3.55. The molecule has 3 aromatic rings. The molecule has 0 saturated heterocycles. The molecule has 27 heavy (non-hydrogen) atoms. The summed E-state index contributed by atoms with van der Waals surface area (Å²) in [6.07, 6.45) is -4.90. The van der Waals surface area contributed by atoms with Crippen LogP contribution in [0.4, 0.5) is 17.6 Å². The normalized spacial score (nSPS) is 11.6. The fraction of sp³-hybridized carbons (Fsp3) is 0.176. The van der Waals surface area contributed by atoms with Gasteiger partial charge in [-0.25, -0.2) is 4.39 Å². The summed E-state index contributed by atoms with van der Waals surface area (Å²) in [5.41, 5.74) is 0.778. The number of hydrogen-bond donors (Lipinski definition) is 1. The number of aromatic amines is 1. The van der Waals surface area contributed by atoms with Crippen molar-refractivity contribution in [1.29, 1.82) is 0 Å². The van der Waals surface area contributed by atoms with Crippen molar-refractivity contribution in [3.63, 3.8) is 0 Å². The Labute approximate surface area is 149 Å². The number of alkyl halides is 3. The summed E-state index contributed by atoms with van der Waals surface area (Å²) in [5, 5.41) is 4.70. The quantitative estimate of drug-likeness (QED) is 0.403. The van der Waals surface area contributed by atoms with Crippen molar-refractivity contribution in [3.05, 3.63) is 70.9 Å². The highest BCUT2D eigenvalue weighted by molar-refractivity contribution is 6.43. The highest BCUT2D eigenvalue weighted by atomic mass is 19.4. The second-order valence-electron chi connectivity index (χ2n) is 5.61. The molecule has 0 saturated carbocycles. The van der Waals surface area contributed by atoms with Gasteiger partial charge >= 0.3 is 6.18 Å². The van der Waals surface area contributed by atoms with E-state index in [2.05, 4.69) is 10.1 Å². The molecule has 1 N–H and O–H groups in total. The SMILES string of the molecule is O=C(Cc1ccc(Cc2ccc(F)cc2)o1)C(=O)c1n[nH]c(C(F)(F)F)n1. The number of H-pyrrole nitrogens is 1. The van der Waals surface area contributed by atoms with Gasteiger partial charge in [-0.3, -0.25) is 14.7 Å². The van der Waals surface area contributed by atoms with E-state index in [1.165, 1.54) is 18.2 Å². The third kappa shape index (κ3) is 4.46. The summed E-state index contributed by atoms with van der Waals surface area (Å²) < 4.78 is 55.7. The zero-order chi connectivity index (χ0) is 19.6. The lowest BCUT2D eigenvalue weighted by atomic mass is 10.1. The highest BCUT2D eigenvalue weighted by Gasteiger charge is 2.36. The number of halogens is 4. The number of nitrogens with one attached hydrogen (secondary N) is 1. The molecule has 2 aromatic heterocycles. The van der Waals surface area contributed by atoms with Crippen LogP contribution in [-0.4, -0.2) is 26.7 Å². The first kappa shape index (κ1) is 18.5. The summed E-state index contributed by atoms with van der Waals surface area (Å²) in [7, 11) is 0. The fourth-order valence-electron chi connectivity index (χ4n) is 2.27. The van der Waals surface area contributed by atoms with Gasteiger partial charge in [-0.1, -0.05) is 12.1 Å². The molecule has 0 atom stereocenters.